The van der Waals surface area contributed by atoms with Crippen LogP contribution < -0.4 is 0 Å². The van der Waals surface area contributed by atoms with Gasteiger partial charge < -0.3 is 4.90 Å². The predicted molar refractivity (Wildman–Crippen MR) is 65.3 cm³/mol. The summed E-state index contributed by atoms with van der Waals surface area (Å²) in [6.45, 7) is 9.37. The first-order chi connectivity index (χ1) is 7.47. The number of nitrogens with zero attached hydrogens (tertiary/aromatic N) is 2. The van der Waals surface area contributed by atoms with E-state index in [0.29, 0.717) is 13.0 Å². The Labute approximate surface area is 98.6 Å². The second kappa shape index (κ2) is 7.39. The summed E-state index contributed by atoms with van der Waals surface area (Å²) in [6.07, 6.45) is 0.519. The van der Waals surface area contributed by atoms with Crippen molar-refractivity contribution in [3.8, 4) is 0 Å². The van der Waals surface area contributed by atoms with Crippen molar-refractivity contribution in [2.75, 3.05) is 26.7 Å². The van der Waals surface area contributed by atoms with Crippen LogP contribution in [0.15, 0.2) is 0 Å². The van der Waals surface area contributed by atoms with E-state index in [4.69, 9.17) is 0 Å². The quantitative estimate of drug-likeness (QED) is 0.656. The number of rotatable bonds is 7. The van der Waals surface area contributed by atoms with Gasteiger partial charge in [-0.25, -0.2) is 0 Å². The number of carbonyl (C=O) groups is 2. The minimum Gasteiger partial charge on any atom is -0.342 e. The highest BCUT2D eigenvalue weighted by atomic mass is 16.2. The molecule has 0 aromatic carbocycles. The molecule has 0 N–H and O–H groups in total. The molecule has 0 aliphatic heterocycles. The number of hydrogen-bond donors (Lipinski definition) is 0. The van der Waals surface area contributed by atoms with E-state index < -0.39 is 0 Å². The highest BCUT2D eigenvalue weighted by molar-refractivity contribution is 5.84. The molecule has 0 saturated carbocycles. The fraction of sp³-hybridized carbons (Fsp3) is 0.833. The van der Waals surface area contributed by atoms with E-state index in [0.717, 1.165) is 13.1 Å². The van der Waals surface area contributed by atoms with Gasteiger partial charge in [-0.3, -0.25) is 14.5 Å². The largest absolute Gasteiger partial charge is 0.342 e. The van der Waals surface area contributed by atoms with Crippen LogP contribution in [0.1, 0.15) is 34.1 Å². The fourth-order valence-corrected chi connectivity index (χ4v) is 1.57. The number of carbonyl (C=O) groups excluding carboxylic acids is 2. The Morgan fingerprint density at radius 3 is 2.00 bits per heavy atom. The molecule has 1 atom stereocenters. The van der Waals surface area contributed by atoms with Crippen LogP contribution in [0.2, 0.25) is 0 Å². The van der Waals surface area contributed by atoms with Gasteiger partial charge in [0.2, 0.25) is 5.91 Å². The van der Waals surface area contributed by atoms with Crippen LogP contribution in [0.5, 0.6) is 0 Å². The van der Waals surface area contributed by atoms with Crippen molar-refractivity contribution >= 4 is 11.7 Å². The SMILES string of the molecule is CCC(=O)C(C)N(C)CC(=O)N(CC)CC. The smallest absolute Gasteiger partial charge is 0.236 e. The summed E-state index contributed by atoms with van der Waals surface area (Å²) >= 11 is 0. The van der Waals surface area contributed by atoms with Gasteiger partial charge in [-0.05, 0) is 27.8 Å². The third-order valence-electron chi connectivity index (χ3n) is 2.98. The average molecular weight is 228 g/mol. The zero-order chi connectivity index (χ0) is 12.7. The minimum absolute atomic E-state index is 0.0863. The van der Waals surface area contributed by atoms with E-state index in [-0.39, 0.29) is 17.7 Å². The van der Waals surface area contributed by atoms with Gasteiger partial charge in [-0.15, -0.1) is 0 Å². The minimum atomic E-state index is -0.176. The van der Waals surface area contributed by atoms with E-state index in [1.165, 1.54) is 0 Å². The Morgan fingerprint density at radius 1 is 1.12 bits per heavy atom. The summed E-state index contributed by atoms with van der Waals surface area (Å²) in [7, 11) is 1.82. The number of likely N-dealkylation sites (N-methyl/N-ethyl adjacent to an activating group) is 2. The summed E-state index contributed by atoms with van der Waals surface area (Å²) in [6, 6.07) is -0.176. The lowest BCUT2D eigenvalue weighted by Crippen LogP contribution is -2.44. The average Bonchev–Trinajstić information content (AvgIpc) is 2.28. The third-order valence-corrected chi connectivity index (χ3v) is 2.98. The Morgan fingerprint density at radius 2 is 1.62 bits per heavy atom. The molecular formula is C12H24N2O2. The van der Waals surface area contributed by atoms with E-state index in [1.54, 1.807) is 4.90 Å². The molecule has 0 fully saturated rings. The molecule has 1 amide bonds. The van der Waals surface area contributed by atoms with Crippen LogP contribution in [-0.4, -0.2) is 54.2 Å². The maximum atomic E-state index is 11.8. The van der Waals surface area contributed by atoms with Crippen molar-refractivity contribution < 1.29 is 9.59 Å². The zero-order valence-corrected chi connectivity index (χ0v) is 11.1. The van der Waals surface area contributed by atoms with Crippen LogP contribution in [0.3, 0.4) is 0 Å². The summed E-state index contributed by atoms with van der Waals surface area (Å²) < 4.78 is 0. The maximum Gasteiger partial charge on any atom is 0.236 e. The standard InChI is InChI=1S/C12H24N2O2/c1-6-11(15)10(4)13(5)9-12(16)14(7-2)8-3/h10H,6-9H2,1-5H3. The molecule has 0 aromatic rings. The summed E-state index contributed by atoms with van der Waals surface area (Å²) in [5.41, 5.74) is 0. The lowest BCUT2D eigenvalue weighted by Gasteiger charge is -2.26. The Kier molecular flexibility index (Phi) is 6.97. The van der Waals surface area contributed by atoms with Gasteiger partial charge in [0.15, 0.2) is 0 Å². The van der Waals surface area contributed by atoms with Crippen LogP contribution >= 0.6 is 0 Å². The Hall–Kier alpha value is -0.900. The number of Topliss-reactive ketones (excluding diaryl/α,β-unsaturated/α-hetero) is 1. The third kappa shape index (κ3) is 4.31. The molecule has 4 nitrogen and oxygen atoms in total. The highest BCUT2D eigenvalue weighted by Crippen LogP contribution is 2.01. The molecular weight excluding hydrogens is 204 g/mol. The number of ketones is 1. The monoisotopic (exact) mass is 228 g/mol. The highest BCUT2D eigenvalue weighted by Gasteiger charge is 2.20. The van der Waals surface area contributed by atoms with Gasteiger partial charge in [0.1, 0.15) is 5.78 Å². The van der Waals surface area contributed by atoms with E-state index in [1.807, 2.05) is 39.6 Å². The summed E-state index contributed by atoms with van der Waals surface area (Å²) in [5, 5.41) is 0. The lowest BCUT2D eigenvalue weighted by atomic mass is 10.1. The van der Waals surface area contributed by atoms with Crippen molar-refractivity contribution in [3.63, 3.8) is 0 Å². The molecule has 1 unspecified atom stereocenters. The Balaban J connectivity index is 4.27. The number of hydrogen-bond acceptors (Lipinski definition) is 3. The fourth-order valence-electron chi connectivity index (χ4n) is 1.57. The van der Waals surface area contributed by atoms with Crippen molar-refractivity contribution in [3.05, 3.63) is 0 Å². The lowest BCUT2D eigenvalue weighted by molar-refractivity contribution is -0.133. The van der Waals surface area contributed by atoms with Gasteiger partial charge in [-0.1, -0.05) is 6.92 Å². The van der Waals surface area contributed by atoms with Crippen molar-refractivity contribution in [1.82, 2.24) is 9.80 Å². The summed E-state index contributed by atoms with van der Waals surface area (Å²) in [4.78, 5) is 26.9. The van der Waals surface area contributed by atoms with Gasteiger partial charge in [0.25, 0.3) is 0 Å². The molecule has 0 bridgehead atoms. The summed E-state index contributed by atoms with van der Waals surface area (Å²) in [5.74, 6) is 0.262. The van der Waals surface area contributed by atoms with Crippen LogP contribution in [0.25, 0.3) is 0 Å². The number of amides is 1. The molecule has 0 saturated heterocycles. The molecule has 16 heavy (non-hydrogen) atoms. The zero-order valence-electron chi connectivity index (χ0n) is 11.1. The van der Waals surface area contributed by atoms with Crippen molar-refractivity contribution in [1.29, 1.82) is 0 Å². The Bertz CT molecular complexity index is 237. The predicted octanol–water partition coefficient (Wildman–Crippen LogP) is 1.15. The molecule has 0 radical (unpaired) electrons. The second-order valence-corrected chi connectivity index (χ2v) is 3.98. The first kappa shape index (κ1) is 15.1. The van der Waals surface area contributed by atoms with E-state index in [9.17, 15) is 9.59 Å². The molecule has 94 valence electrons. The van der Waals surface area contributed by atoms with Crippen LogP contribution in [-0.2, 0) is 9.59 Å². The van der Waals surface area contributed by atoms with E-state index in [2.05, 4.69) is 0 Å². The second-order valence-electron chi connectivity index (χ2n) is 3.98. The van der Waals surface area contributed by atoms with E-state index >= 15 is 0 Å². The van der Waals surface area contributed by atoms with Crippen molar-refractivity contribution in [2.45, 2.75) is 40.2 Å². The molecule has 4 heteroatoms. The molecule has 0 heterocycles. The topological polar surface area (TPSA) is 40.6 Å². The maximum absolute atomic E-state index is 11.8. The molecule has 0 aliphatic carbocycles. The molecule has 0 aliphatic rings. The van der Waals surface area contributed by atoms with Gasteiger partial charge >= 0.3 is 0 Å². The first-order valence-corrected chi connectivity index (χ1v) is 5.98. The van der Waals surface area contributed by atoms with Crippen LogP contribution in [0, 0.1) is 0 Å². The normalized spacial score (nSPS) is 12.6. The molecule has 0 aromatic heterocycles. The van der Waals surface area contributed by atoms with Gasteiger partial charge in [0.05, 0.1) is 12.6 Å². The van der Waals surface area contributed by atoms with Crippen LogP contribution in [0.4, 0.5) is 0 Å². The molecule has 0 spiro atoms. The molecule has 0 rings (SSSR count). The van der Waals surface area contributed by atoms with Gasteiger partial charge in [0, 0.05) is 19.5 Å². The van der Waals surface area contributed by atoms with Gasteiger partial charge in [-0.2, -0.15) is 0 Å². The van der Waals surface area contributed by atoms with Crippen molar-refractivity contribution in [2.24, 2.45) is 0 Å². The first-order valence-electron chi connectivity index (χ1n) is 5.98.